The summed E-state index contributed by atoms with van der Waals surface area (Å²) in [6.45, 7) is 7.75. The van der Waals surface area contributed by atoms with E-state index in [-0.39, 0.29) is 5.91 Å². The fraction of sp³-hybridized carbons (Fsp3) is 0.182. The average Bonchev–Trinajstić information content (AvgIpc) is 3.03. The van der Waals surface area contributed by atoms with Crippen molar-refractivity contribution in [2.45, 2.75) is 27.7 Å². The molecule has 0 aliphatic heterocycles. The van der Waals surface area contributed by atoms with Crippen LogP contribution in [0.5, 0.6) is 11.6 Å². The normalized spacial score (nSPS) is 10.7. The molecule has 3 heterocycles. The number of aryl methyl sites for hydroxylation is 2. The third-order valence-electron chi connectivity index (χ3n) is 4.83. The number of benzene rings is 1. The number of rotatable bonds is 5. The van der Waals surface area contributed by atoms with Gasteiger partial charge in [-0.25, -0.2) is 14.6 Å². The minimum absolute atomic E-state index is 0.307. The van der Waals surface area contributed by atoms with E-state index in [9.17, 15) is 4.79 Å². The van der Waals surface area contributed by atoms with Gasteiger partial charge in [-0.1, -0.05) is 6.07 Å². The molecule has 0 aliphatic carbocycles. The van der Waals surface area contributed by atoms with Gasteiger partial charge in [-0.2, -0.15) is 10.2 Å². The highest BCUT2D eigenvalue weighted by Crippen LogP contribution is 2.21. The fourth-order valence-corrected chi connectivity index (χ4v) is 2.88. The van der Waals surface area contributed by atoms with Gasteiger partial charge in [0.1, 0.15) is 5.75 Å². The minimum Gasteiger partial charge on any atom is -0.438 e. The van der Waals surface area contributed by atoms with Gasteiger partial charge in [0.15, 0.2) is 0 Å². The van der Waals surface area contributed by atoms with Crippen LogP contribution in [0, 0.1) is 27.7 Å². The molecule has 0 saturated heterocycles. The van der Waals surface area contributed by atoms with E-state index in [0.717, 1.165) is 22.6 Å². The van der Waals surface area contributed by atoms with Gasteiger partial charge in [0.2, 0.25) is 5.88 Å². The first-order chi connectivity index (χ1) is 14.9. The topological polar surface area (TPSA) is 108 Å². The van der Waals surface area contributed by atoms with Gasteiger partial charge in [0, 0.05) is 17.3 Å². The molecular weight excluding hydrogens is 394 g/mol. The van der Waals surface area contributed by atoms with Crippen LogP contribution in [0.25, 0.3) is 5.95 Å². The lowest BCUT2D eigenvalue weighted by molar-refractivity contribution is 0.102. The molecular formula is C22H21N7O2. The van der Waals surface area contributed by atoms with Crippen molar-refractivity contribution >= 4 is 11.6 Å². The Morgan fingerprint density at radius 3 is 2.42 bits per heavy atom. The first-order valence-electron chi connectivity index (χ1n) is 9.65. The molecule has 9 nitrogen and oxygen atoms in total. The summed E-state index contributed by atoms with van der Waals surface area (Å²) in [6.07, 6.45) is 3.10. The van der Waals surface area contributed by atoms with Crippen LogP contribution >= 0.6 is 0 Å². The van der Waals surface area contributed by atoms with Crippen LogP contribution in [-0.4, -0.2) is 35.9 Å². The molecule has 1 N–H and O–H groups in total. The highest BCUT2D eigenvalue weighted by atomic mass is 16.5. The summed E-state index contributed by atoms with van der Waals surface area (Å²) in [5.41, 5.74) is 4.70. The number of hydrogen-bond acceptors (Lipinski definition) is 7. The van der Waals surface area contributed by atoms with Gasteiger partial charge in [0.25, 0.3) is 11.9 Å². The molecule has 0 fully saturated rings. The Morgan fingerprint density at radius 2 is 1.77 bits per heavy atom. The molecule has 156 valence electrons. The molecule has 1 amide bonds. The number of ether oxygens (including phenoxy) is 1. The maximum atomic E-state index is 12.7. The van der Waals surface area contributed by atoms with Gasteiger partial charge in [0.05, 0.1) is 29.5 Å². The summed E-state index contributed by atoms with van der Waals surface area (Å²) in [7, 11) is 0. The largest absolute Gasteiger partial charge is 0.438 e. The highest BCUT2D eigenvalue weighted by Gasteiger charge is 2.12. The van der Waals surface area contributed by atoms with Crippen LogP contribution in [0.4, 0.5) is 5.69 Å². The number of carbonyl (C=O) groups is 1. The van der Waals surface area contributed by atoms with Crippen molar-refractivity contribution in [1.29, 1.82) is 0 Å². The molecule has 0 atom stereocenters. The second kappa shape index (κ2) is 8.31. The van der Waals surface area contributed by atoms with Crippen molar-refractivity contribution < 1.29 is 9.53 Å². The molecule has 4 aromatic rings. The Balaban J connectivity index is 1.47. The molecule has 0 aliphatic rings. The van der Waals surface area contributed by atoms with E-state index in [1.165, 1.54) is 0 Å². The Kier molecular flexibility index (Phi) is 5.40. The van der Waals surface area contributed by atoms with Crippen LogP contribution in [0.1, 0.15) is 33.0 Å². The van der Waals surface area contributed by atoms with E-state index in [4.69, 9.17) is 4.74 Å². The van der Waals surface area contributed by atoms with Gasteiger partial charge in [-0.15, -0.1) is 5.10 Å². The zero-order valence-corrected chi connectivity index (χ0v) is 17.6. The molecule has 0 bridgehead atoms. The Bertz CT molecular complexity index is 1230. The smallest absolute Gasteiger partial charge is 0.255 e. The van der Waals surface area contributed by atoms with Crippen molar-refractivity contribution in [2.24, 2.45) is 0 Å². The molecule has 3 aromatic heterocycles. The number of amides is 1. The molecule has 31 heavy (non-hydrogen) atoms. The molecule has 0 unspecified atom stereocenters. The molecule has 1 aromatic carbocycles. The summed E-state index contributed by atoms with van der Waals surface area (Å²) in [5.74, 6) is 0.976. The number of hydrogen-bond donors (Lipinski definition) is 1. The molecule has 9 heteroatoms. The maximum Gasteiger partial charge on any atom is 0.255 e. The van der Waals surface area contributed by atoms with E-state index in [1.54, 1.807) is 53.5 Å². The van der Waals surface area contributed by atoms with Gasteiger partial charge >= 0.3 is 0 Å². The second-order valence-electron chi connectivity index (χ2n) is 7.08. The Labute approximate surface area is 179 Å². The zero-order chi connectivity index (χ0) is 22.0. The van der Waals surface area contributed by atoms with Gasteiger partial charge < -0.3 is 10.1 Å². The van der Waals surface area contributed by atoms with E-state index in [1.807, 2.05) is 27.7 Å². The molecule has 0 saturated carbocycles. The number of anilines is 1. The fourth-order valence-electron chi connectivity index (χ4n) is 2.88. The minimum atomic E-state index is -0.307. The van der Waals surface area contributed by atoms with Crippen LogP contribution in [-0.2, 0) is 0 Å². The SMILES string of the molecule is Cc1ccc(Oc2cccc(C(=O)Nc3cnc(-n4nc(C)c(C)c4C)nc3)c2)nn1. The van der Waals surface area contributed by atoms with Crippen LogP contribution in [0.15, 0.2) is 48.8 Å². The maximum absolute atomic E-state index is 12.7. The van der Waals surface area contributed by atoms with Crippen molar-refractivity contribution in [3.63, 3.8) is 0 Å². The third kappa shape index (κ3) is 4.40. The zero-order valence-electron chi connectivity index (χ0n) is 17.6. The number of nitrogens with one attached hydrogen (secondary N) is 1. The summed E-state index contributed by atoms with van der Waals surface area (Å²) >= 11 is 0. The highest BCUT2D eigenvalue weighted by molar-refractivity contribution is 6.04. The van der Waals surface area contributed by atoms with E-state index >= 15 is 0 Å². The Hall–Kier alpha value is -4.14. The van der Waals surface area contributed by atoms with Crippen LogP contribution in [0.2, 0.25) is 0 Å². The van der Waals surface area contributed by atoms with E-state index < -0.39 is 0 Å². The van der Waals surface area contributed by atoms with Crippen molar-refractivity contribution in [3.05, 3.63) is 77.0 Å². The summed E-state index contributed by atoms with van der Waals surface area (Å²) in [6, 6.07) is 10.3. The Morgan fingerprint density at radius 1 is 1.00 bits per heavy atom. The van der Waals surface area contributed by atoms with E-state index in [0.29, 0.717) is 28.8 Å². The lowest BCUT2D eigenvalue weighted by atomic mass is 10.2. The summed E-state index contributed by atoms with van der Waals surface area (Å²) in [4.78, 5) is 21.3. The van der Waals surface area contributed by atoms with Crippen molar-refractivity contribution in [3.8, 4) is 17.6 Å². The lowest BCUT2D eigenvalue weighted by Gasteiger charge is -2.08. The molecule has 0 spiro atoms. The summed E-state index contributed by atoms with van der Waals surface area (Å²) in [5, 5.41) is 15.2. The van der Waals surface area contributed by atoms with Crippen molar-refractivity contribution in [1.82, 2.24) is 29.9 Å². The first-order valence-corrected chi connectivity index (χ1v) is 9.65. The standard InChI is InChI=1S/C22H21N7O2/c1-13-8-9-20(27-26-13)31-19-7-5-6-17(10-19)21(30)25-18-11-23-22(24-12-18)29-16(4)14(2)15(3)28-29/h5-12H,1-4H3,(H,25,30). The number of carbonyl (C=O) groups excluding carboxylic acids is 1. The quantitative estimate of drug-likeness (QED) is 0.529. The van der Waals surface area contributed by atoms with Crippen LogP contribution < -0.4 is 10.1 Å². The number of nitrogens with zero attached hydrogens (tertiary/aromatic N) is 6. The first kappa shape index (κ1) is 20.1. The second-order valence-corrected chi connectivity index (χ2v) is 7.08. The monoisotopic (exact) mass is 415 g/mol. The molecule has 0 radical (unpaired) electrons. The van der Waals surface area contributed by atoms with Crippen LogP contribution in [0.3, 0.4) is 0 Å². The average molecular weight is 415 g/mol. The third-order valence-corrected chi connectivity index (χ3v) is 4.83. The number of aromatic nitrogens is 6. The van der Waals surface area contributed by atoms with Gasteiger partial charge in [-0.3, -0.25) is 4.79 Å². The predicted octanol–water partition coefficient (Wildman–Crippen LogP) is 3.73. The molecule has 4 rings (SSSR count). The van der Waals surface area contributed by atoms with Gasteiger partial charge in [-0.05, 0) is 57.5 Å². The lowest BCUT2D eigenvalue weighted by Crippen LogP contribution is -2.13. The predicted molar refractivity (Wildman–Crippen MR) is 115 cm³/mol. The summed E-state index contributed by atoms with van der Waals surface area (Å²) < 4.78 is 7.36. The van der Waals surface area contributed by atoms with E-state index in [2.05, 4.69) is 30.6 Å². The van der Waals surface area contributed by atoms with Crippen molar-refractivity contribution in [2.75, 3.05) is 5.32 Å².